The second-order valence-corrected chi connectivity index (χ2v) is 5.23. The Balaban J connectivity index is 1.65. The Morgan fingerprint density at radius 2 is 2.16 bits per heavy atom. The van der Waals surface area contributed by atoms with Gasteiger partial charge >= 0.3 is 0 Å². The second kappa shape index (κ2) is 8.18. The Labute approximate surface area is 116 Å². The molecule has 19 heavy (non-hydrogen) atoms. The number of ether oxygens (including phenoxy) is 1. The number of hydrogen-bond acceptors (Lipinski definition) is 3. The normalized spacial score (nSPS) is 20.4. The highest BCUT2D eigenvalue weighted by atomic mass is 16.5. The molecule has 0 bridgehead atoms. The third-order valence-electron chi connectivity index (χ3n) is 3.55. The van der Waals surface area contributed by atoms with Gasteiger partial charge < -0.3 is 10.1 Å². The summed E-state index contributed by atoms with van der Waals surface area (Å²) in [6, 6.07) is 10.4. The number of benzene rings is 1. The van der Waals surface area contributed by atoms with Gasteiger partial charge in [-0.2, -0.15) is 0 Å². The van der Waals surface area contributed by atoms with Gasteiger partial charge in [0.25, 0.3) is 0 Å². The molecule has 0 radical (unpaired) electrons. The van der Waals surface area contributed by atoms with Crippen LogP contribution in [0, 0.1) is 0 Å². The first-order chi connectivity index (χ1) is 9.38. The van der Waals surface area contributed by atoms with Crippen LogP contribution in [-0.4, -0.2) is 43.8 Å². The molecule has 1 N–H and O–H groups in total. The molecule has 106 valence electrons. The van der Waals surface area contributed by atoms with Crippen LogP contribution in [0.15, 0.2) is 30.3 Å². The topological polar surface area (TPSA) is 24.5 Å². The molecule has 0 spiro atoms. The summed E-state index contributed by atoms with van der Waals surface area (Å²) in [4.78, 5) is 2.51. The van der Waals surface area contributed by atoms with Gasteiger partial charge in [0.15, 0.2) is 0 Å². The summed E-state index contributed by atoms with van der Waals surface area (Å²) in [6.45, 7) is 7.48. The van der Waals surface area contributed by atoms with Crippen molar-refractivity contribution in [1.29, 1.82) is 0 Å². The van der Waals surface area contributed by atoms with Gasteiger partial charge in [-0.15, -0.1) is 0 Å². The van der Waals surface area contributed by atoms with E-state index in [2.05, 4.69) is 41.4 Å². The minimum absolute atomic E-state index is 0.449. The third kappa shape index (κ3) is 5.21. The number of piperidine rings is 1. The van der Waals surface area contributed by atoms with Gasteiger partial charge in [0.2, 0.25) is 0 Å². The number of hydrogen-bond donors (Lipinski definition) is 1. The summed E-state index contributed by atoms with van der Waals surface area (Å²) in [7, 11) is 0. The SMILES string of the molecule is CCCOC1CCCN(CCNc2ccccc2)C1. The van der Waals surface area contributed by atoms with Crippen molar-refractivity contribution in [3.8, 4) is 0 Å². The molecule has 1 aliphatic rings. The Kier molecular flexibility index (Phi) is 6.18. The maximum absolute atomic E-state index is 5.86. The molecule has 0 aromatic heterocycles. The lowest BCUT2D eigenvalue weighted by atomic mass is 10.1. The summed E-state index contributed by atoms with van der Waals surface area (Å²) in [5, 5.41) is 3.47. The predicted molar refractivity (Wildman–Crippen MR) is 80.6 cm³/mol. The Morgan fingerprint density at radius 1 is 1.32 bits per heavy atom. The van der Waals surface area contributed by atoms with Crippen molar-refractivity contribution in [2.24, 2.45) is 0 Å². The molecular formula is C16H26N2O. The lowest BCUT2D eigenvalue weighted by molar-refractivity contribution is 0.00110. The minimum Gasteiger partial charge on any atom is -0.384 e. The first-order valence-electron chi connectivity index (χ1n) is 7.51. The number of para-hydroxylation sites is 1. The monoisotopic (exact) mass is 262 g/mol. The molecule has 1 atom stereocenters. The fourth-order valence-electron chi connectivity index (χ4n) is 2.55. The molecule has 1 aromatic rings. The van der Waals surface area contributed by atoms with Gasteiger partial charge in [0.05, 0.1) is 6.10 Å². The fraction of sp³-hybridized carbons (Fsp3) is 0.625. The van der Waals surface area contributed by atoms with E-state index in [0.29, 0.717) is 6.10 Å². The molecule has 1 aliphatic heterocycles. The highest BCUT2D eigenvalue weighted by molar-refractivity contribution is 5.42. The standard InChI is InChI=1S/C16H26N2O/c1-2-13-19-16-9-6-11-18(14-16)12-10-17-15-7-4-3-5-8-15/h3-5,7-8,16-17H,2,6,9-14H2,1H3. The molecule has 0 amide bonds. The third-order valence-corrected chi connectivity index (χ3v) is 3.55. The highest BCUT2D eigenvalue weighted by Crippen LogP contribution is 2.13. The Morgan fingerprint density at radius 3 is 2.95 bits per heavy atom. The average Bonchev–Trinajstić information content (AvgIpc) is 2.47. The van der Waals surface area contributed by atoms with Crippen molar-refractivity contribution in [1.82, 2.24) is 4.90 Å². The smallest absolute Gasteiger partial charge is 0.0702 e. The van der Waals surface area contributed by atoms with Gasteiger partial charge in [0.1, 0.15) is 0 Å². The summed E-state index contributed by atoms with van der Waals surface area (Å²) < 4.78 is 5.86. The van der Waals surface area contributed by atoms with E-state index in [-0.39, 0.29) is 0 Å². The zero-order chi connectivity index (χ0) is 13.3. The molecule has 1 heterocycles. The molecule has 3 heteroatoms. The number of rotatable bonds is 7. The maximum Gasteiger partial charge on any atom is 0.0702 e. The van der Waals surface area contributed by atoms with E-state index in [1.165, 1.54) is 25.1 Å². The van der Waals surface area contributed by atoms with E-state index < -0.39 is 0 Å². The molecule has 0 aliphatic carbocycles. The van der Waals surface area contributed by atoms with Crippen LogP contribution in [0.4, 0.5) is 5.69 Å². The Bertz CT molecular complexity index is 342. The van der Waals surface area contributed by atoms with Crippen molar-refractivity contribution >= 4 is 5.69 Å². The van der Waals surface area contributed by atoms with Crippen LogP contribution in [-0.2, 0) is 4.74 Å². The first-order valence-corrected chi connectivity index (χ1v) is 7.51. The molecule has 1 saturated heterocycles. The molecule has 1 unspecified atom stereocenters. The fourth-order valence-corrected chi connectivity index (χ4v) is 2.55. The number of nitrogens with one attached hydrogen (secondary N) is 1. The van der Waals surface area contributed by atoms with Crippen LogP contribution in [0.25, 0.3) is 0 Å². The minimum atomic E-state index is 0.449. The molecular weight excluding hydrogens is 236 g/mol. The van der Waals surface area contributed by atoms with Gasteiger partial charge in [-0.1, -0.05) is 25.1 Å². The van der Waals surface area contributed by atoms with Gasteiger partial charge in [-0.05, 0) is 37.9 Å². The number of likely N-dealkylation sites (tertiary alicyclic amines) is 1. The Hall–Kier alpha value is -1.06. The molecule has 0 saturated carbocycles. The number of anilines is 1. The van der Waals surface area contributed by atoms with E-state index in [9.17, 15) is 0 Å². The van der Waals surface area contributed by atoms with Crippen molar-refractivity contribution < 1.29 is 4.74 Å². The van der Waals surface area contributed by atoms with Crippen molar-refractivity contribution in [2.75, 3.05) is 38.1 Å². The van der Waals surface area contributed by atoms with Crippen LogP contribution in [0.2, 0.25) is 0 Å². The maximum atomic E-state index is 5.86. The van der Waals surface area contributed by atoms with Crippen molar-refractivity contribution in [3.63, 3.8) is 0 Å². The van der Waals surface area contributed by atoms with E-state index >= 15 is 0 Å². The molecule has 2 rings (SSSR count). The van der Waals surface area contributed by atoms with Crippen molar-refractivity contribution in [2.45, 2.75) is 32.3 Å². The van der Waals surface area contributed by atoms with Crippen molar-refractivity contribution in [3.05, 3.63) is 30.3 Å². The molecule has 3 nitrogen and oxygen atoms in total. The van der Waals surface area contributed by atoms with Gasteiger partial charge in [0, 0.05) is 31.9 Å². The van der Waals surface area contributed by atoms with Crippen LogP contribution >= 0.6 is 0 Å². The quantitative estimate of drug-likeness (QED) is 0.817. The largest absolute Gasteiger partial charge is 0.384 e. The zero-order valence-electron chi connectivity index (χ0n) is 12.0. The molecule has 1 fully saturated rings. The summed E-state index contributed by atoms with van der Waals surface area (Å²) in [6.07, 6.45) is 4.06. The highest BCUT2D eigenvalue weighted by Gasteiger charge is 2.19. The lowest BCUT2D eigenvalue weighted by Gasteiger charge is -2.32. The molecule has 1 aromatic carbocycles. The van der Waals surface area contributed by atoms with E-state index in [4.69, 9.17) is 4.74 Å². The van der Waals surface area contributed by atoms with Crippen LogP contribution in [0.1, 0.15) is 26.2 Å². The predicted octanol–water partition coefficient (Wildman–Crippen LogP) is 2.99. The zero-order valence-corrected chi connectivity index (χ0v) is 12.0. The lowest BCUT2D eigenvalue weighted by Crippen LogP contribution is -2.41. The summed E-state index contributed by atoms with van der Waals surface area (Å²) >= 11 is 0. The van der Waals surface area contributed by atoms with Crippen LogP contribution in [0.5, 0.6) is 0 Å². The van der Waals surface area contributed by atoms with E-state index in [0.717, 1.165) is 32.7 Å². The first kappa shape index (κ1) is 14.4. The summed E-state index contributed by atoms with van der Waals surface area (Å²) in [5.41, 5.74) is 1.21. The van der Waals surface area contributed by atoms with E-state index in [1.807, 2.05) is 6.07 Å². The van der Waals surface area contributed by atoms with Crippen LogP contribution < -0.4 is 5.32 Å². The van der Waals surface area contributed by atoms with E-state index in [1.54, 1.807) is 0 Å². The average molecular weight is 262 g/mol. The van der Waals surface area contributed by atoms with Crippen LogP contribution in [0.3, 0.4) is 0 Å². The second-order valence-electron chi connectivity index (χ2n) is 5.23. The van der Waals surface area contributed by atoms with Gasteiger partial charge in [-0.25, -0.2) is 0 Å². The van der Waals surface area contributed by atoms with Gasteiger partial charge in [-0.3, -0.25) is 4.90 Å². The number of nitrogens with zero attached hydrogens (tertiary/aromatic N) is 1. The summed E-state index contributed by atoms with van der Waals surface area (Å²) in [5.74, 6) is 0.